The molecular weight excluding hydrogens is 562 g/mol. The topological polar surface area (TPSA) is 129 Å². The molecule has 2 aromatic carbocycles. The van der Waals surface area contributed by atoms with Gasteiger partial charge in [0.15, 0.2) is 22.7 Å². The van der Waals surface area contributed by atoms with Gasteiger partial charge in [0.05, 0.1) is 16.5 Å². The van der Waals surface area contributed by atoms with Gasteiger partial charge in [-0.15, -0.1) is 11.8 Å². The molecule has 0 aliphatic carbocycles. The number of fused-ring (bicyclic) bond motifs is 1. The van der Waals surface area contributed by atoms with Crippen LogP contribution in [0, 0.1) is 25.2 Å². The van der Waals surface area contributed by atoms with Crippen LogP contribution < -0.4 is 0 Å². The molecule has 0 amide bonds. The Kier molecular flexibility index (Phi) is 8.58. The van der Waals surface area contributed by atoms with Crippen molar-refractivity contribution in [1.29, 1.82) is 5.26 Å². The summed E-state index contributed by atoms with van der Waals surface area (Å²) in [5, 5.41) is 16.0. The maximum absolute atomic E-state index is 13.0. The zero-order valence-corrected chi connectivity index (χ0v) is 24.5. The van der Waals surface area contributed by atoms with Crippen LogP contribution in [0.1, 0.15) is 50.2 Å². The van der Waals surface area contributed by atoms with E-state index in [0.717, 1.165) is 11.1 Å². The van der Waals surface area contributed by atoms with Crippen molar-refractivity contribution in [3.05, 3.63) is 76.5 Å². The third kappa shape index (κ3) is 6.07. The van der Waals surface area contributed by atoms with Gasteiger partial charge in [-0.2, -0.15) is 10.4 Å². The summed E-state index contributed by atoms with van der Waals surface area (Å²) in [4.78, 5) is 34.9. The zero-order valence-electron chi connectivity index (χ0n) is 22.9. The lowest BCUT2D eigenvalue weighted by molar-refractivity contribution is -0.0590. The van der Waals surface area contributed by atoms with Gasteiger partial charge in [-0.1, -0.05) is 47.2 Å². The Hall–Kier alpha value is -3.92. The smallest absolute Gasteiger partial charge is 0.338 e. The van der Waals surface area contributed by atoms with Crippen molar-refractivity contribution in [3.63, 3.8) is 0 Å². The SMILES string of the molecule is CSc1nc(SC)c2c(C#N)nn([C@@H]3C[C@@H](OC(=O)c4ccc(C)cc4)[C@H](COC(=O)c4ccc(C)cc4)O3)c2n1. The molecule has 2 aromatic heterocycles. The van der Waals surface area contributed by atoms with Crippen molar-refractivity contribution in [3.8, 4) is 6.07 Å². The maximum atomic E-state index is 13.0. The molecule has 1 aliphatic heterocycles. The van der Waals surface area contributed by atoms with E-state index in [1.807, 2.05) is 50.6 Å². The lowest BCUT2D eigenvalue weighted by Crippen LogP contribution is -2.32. The molecule has 4 aromatic rings. The summed E-state index contributed by atoms with van der Waals surface area (Å²) >= 11 is 2.77. The van der Waals surface area contributed by atoms with E-state index in [0.29, 0.717) is 32.3 Å². The van der Waals surface area contributed by atoms with Crippen LogP contribution in [0.25, 0.3) is 11.0 Å². The first kappa shape index (κ1) is 28.6. The predicted octanol–water partition coefficient (Wildman–Crippen LogP) is 5.13. The number of aromatic nitrogens is 4. The Morgan fingerprint density at radius 2 is 1.63 bits per heavy atom. The minimum atomic E-state index is -0.782. The number of thioether (sulfide) groups is 2. The fraction of sp³-hybridized carbons (Fsp3) is 0.310. The first-order valence-electron chi connectivity index (χ1n) is 12.8. The molecule has 1 fully saturated rings. The number of hydrogen-bond donors (Lipinski definition) is 0. The highest BCUT2D eigenvalue weighted by Crippen LogP contribution is 2.36. The minimum Gasteiger partial charge on any atom is -0.459 e. The Morgan fingerprint density at radius 1 is 1.00 bits per heavy atom. The van der Waals surface area contributed by atoms with Crippen molar-refractivity contribution in [2.75, 3.05) is 19.1 Å². The average Bonchev–Trinajstić information content (AvgIpc) is 3.56. The Labute approximate surface area is 245 Å². The minimum absolute atomic E-state index is 0.152. The highest BCUT2D eigenvalue weighted by Gasteiger charge is 2.41. The molecule has 41 heavy (non-hydrogen) atoms. The molecule has 0 N–H and O–H groups in total. The summed E-state index contributed by atoms with van der Waals surface area (Å²) in [5.74, 6) is -1.03. The first-order valence-corrected chi connectivity index (χ1v) is 15.2. The molecule has 210 valence electrons. The molecule has 5 rings (SSSR count). The predicted molar refractivity (Wildman–Crippen MR) is 154 cm³/mol. The van der Waals surface area contributed by atoms with E-state index in [2.05, 4.69) is 21.1 Å². The largest absolute Gasteiger partial charge is 0.459 e. The summed E-state index contributed by atoms with van der Waals surface area (Å²) in [6.07, 6.45) is 1.66. The zero-order chi connectivity index (χ0) is 29.1. The Balaban J connectivity index is 1.44. The number of esters is 2. The second-order valence-electron chi connectivity index (χ2n) is 9.46. The van der Waals surface area contributed by atoms with E-state index < -0.39 is 30.4 Å². The van der Waals surface area contributed by atoms with Gasteiger partial charge in [0.25, 0.3) is 0 Å². The Morgan fingerprint density at radius 3 is 2.22 bits per heavy atom. The van der Waals surface area contributed by atoms with Gasteiger partial charge < -0.3 is 14.2 Å². The van der Waals surface area contributed by atoms with Gasteiger partial charge in [0.2, 0.25) is 0 Å². The van der Waals surface area contributed by atoms with Crippen LogP contribution in [0.2, 0.25) is 0 Å². The van der Waals surface area contributed by atoms with E-state index in [1.54, 1.807) is 24.3 Å². The van der Waals surface area contributed by atoms with E-state index >= 15 is 0 Å². The van der Waals surface area contributed by atoms with E-state index in [1.165, 1.54) is 28.2 Å². The van der Waals surface area contributed by atoms with Crippen molar-refractivity contribution < 1.29 is 23.8 Å². The number of hydrogen-bond acceptors (Lipinski definition) is 11. The van der Waals surface area contributed by atoms with Crippen molar-refractivity contribution in [1.82, 2.24) is 19.7 Å². The van der Waals surface area contributed by atoms with Gasteiger partial charge >= 0.3 is 11.9 Å². The number of benzene rings is 2. The monoisotopic (exact) mass is 589 g/mol. The van der Waals surface area contributed by atoms with Crippen LogP contribution in [-0.2, 0) is 14.2 Å². The average molecular weight is 590 g/mol. The van der Waals surface area contributed by atoms with Crippen LogP contribution in [-0.4, -0.2) is 63.0 Å². The number of aryl methyl sites for hydroxylation is 2. The lowest BCUT2D eigenvalue weighted by atomic mass is 10.1. The molecule has 0 bridgehead atoms. The van der Waals surface area contributed by atoms with Crippen molar-refractivity contribution >= 4 is 46.5 Å². The van der Waals surface area contributed by atoms with Crippen molar-refractivity contribution in [2.45, 2.75) is 48.9 Å². The molecule has 0 radical (unpaired) electrons. The number of ether oxygens (including phenoxy) is 3. The van der Waals surface area contributed by atoms with E-state index in [-0.39, 0.29) is 18.7 Å². The van der Waals surface area contributed by atoms with Crippen LogP contribution >= 0.6 is 23.5 Å². The van der Waals surface area contributed by atoms with Crippen molar-refractivity contribution in [2.24, 2.45) is 0 Å². The van der Waals surface area contributed by atoms with Gasteiger partial charge in [-0.05, 0) is 50.6 Å². The summed E-state index contributed by atoms with van der Waals surface area (Å²) in [5.41, 5.74) is 3.45. The second-order valence-corrected chi connectivity index (χ2v) is 11.0. The molecule has 0 saturated carbocycles. The molecule has 10 nitrogen and oxygen atoms in total. The molecule has 0 spiro atoms. The summed E-state index contributed by atoms with van der Waals surface area (Å²) < 4.78 is 19.3. The van der Waals surface area contributed by atoms with Gasteiger partial charge in [0, 0.05) is 6.42 Å². The van der Waals surface area contributed by atoms with Gasteiger partial charge in [-0.25, -0.2) is 24.2 Å². The van der Waals surface area contributed by atoms with Crippen LogP contribution in [0.3, 0.4) is 0 Å². The highest BCUT2D eigenvalue weighted by molar-refractivity contribution is 7.99. The molecule has 12 heteroatoms. The fourth-order valence-corrected chi connectivity index (χ4v) is 5.44. The molecule has 0 unspecified atom stereocenters. The van der Waals surface area contributed by atoms with Crippen LogP contribution in [0.5, 0.6) is 0 Å². The van der Waals surface area contributed by atoms with Crippen LogP contribution in [0.4, 0.5) is 0 Å². The third-order valence-corrected chi connectivity index (χ3v) is 7.87. The fourth-order valence-electron chi connectivity index (χ4n) is 4.46. The summed E-state index contributed by atoms with van der Waals surface area (Å²) in [6, 6.07) is 16.2. The lowest BCUT2D eigenvalue weighted by Gasteiger charge is -2.19. The van der Waals surface area contributed by atoms with Gasteiger partial charge in [0.1, 0.15) is 29.9 Å². The summed E-state index contributed by atoms with van der Waals surface area (Å²) in [7, 11) is 0. The van der Waals surface area contributed by atoms with E-state index in [9.17, 15) is 14.9 Å². The number of rotatable bonds is 8. The standard InChI is InChI=1S/C29H27N5O5S2/c1-16-5-9-18(10-6-16)27(35)37-15-22-21(39-28(36)19-11-7-17(2)8-12-19)13-23(38-22)34-25-24(20(14-30)33-34)26(40-3)32-29(31-25)41-4/h5-12,21-23H,13,15H2,1-4H3/t21-,22+,23+/m1/s1. The normalized spacial score (nSPS) is 18.3. The number of nitrogens with zero attached hydrogens (tertiary/aromatic N) is 5. The number of carbonyl (C=O) groups excluding carboxylic acids is 2. The number of nitriles is 1. The van der Waals surface area contributed by atoms with Gasteiger partial charge in [-0.3, -0.25) is 0 Å². The first-order chi connectivity index (χ1) is 19.8. The molecule has 1 aliphatic rings. The second kappa shape index (κ2) is 12.3. The molecular formula is C29H27N5O5S2. The summed E-state index contributed by atoms with van der Waals surface area (Å²) in [6.45, 7) is 3.71. The molecule has 1 saturated heterocycles. The molecule has 3 heterocycles. The quantitative estimate of drug-likeness (QED) is 0.117. The Bertz CT molecular complexity index is 1630. The third-order valence-electron chi connectivity index (χ3n) is 6.64. The van der Waals surface area contributed by atoms with Crippen LogP contribution in [0.15, 0.2) is 58.7 Å². The number of carbonyl (C=O) groups is 2. The molecule has 3 atom stereocenters. The highest BCUT2D eigenvalue weighted by atomic mass is 32.2. The maximum Gasteiger partial charge on any atom is 0.338 e. The van der Waals surface area contributed by atoms with E-state index in [4.69, 9.17) is 14.2 Å².